The maximum Gasteiger partial charge on any atom is 0.264 e. The molecular weight excluding hydrogens is 524 g/mol. The lowest BCUT2D eigenvalue weighted by atomic mass is 10.1. The van der Waals surface area contributed by atoms with Crippen LogP contribution in [0.2, 0.25) is 5.02 Å². The number of para-hydroxylation sites is 1. The van der Waals surface area contributed by atoms with Crippen molar-refractivity contribution in [3.8, 4) is 0 Å². The van der Waals surface area contributed by atoms with E-state index in [1.165, 1.54) is 29.2 Å². The normalized spacial score (nSPS) is 11.2. The Kier molecular flexibility index (Phi) is 8.59. The van der Waals surface area contributed by atoms with Crippen LogP contribution in [0.3, 0.4) is 0 Å². The van der Waals surface area contributed by atoms with Gasteiger partial charge in [-0.15, -0.1) is 11.8 Å². The third kappa shape index (κ3) is 6.74. The molecule has 1 N–H and O–H groups in total. The van der Waals surface area contributed by atoms with E-state index < -0.39 is 15.9 Å². The minimum absolute atomic E-state index is 0.0596. The van der Waals surface area contributed by atoms with Gasteiger partial charge in [0.1, 0.15) is 6.54 Å². The van der Waals surface area contributed by atoms with Crippen LogP contribution in [0.15, 0.2) is 107 Å². The molecule has 0 aliphatic carbocycles. The largest absolute Gasteiger partial charge is 0.324 e. The van der Waals surface area contributed by atoms with E-state index in [0.717, 1.165) is 26.7 Å². The molecule has 0 atom stereocenters. The topological polar surface area (TPSA) is 66.5 Å². The minimum Gasteiger partial charge on any atom is -0.324 e. The number of hydrogen-bond donors (Lipinski definition) is 1. The number of halogens is 1. The molecule has 0 radical (unpaired) electrons. The van der Waals surface area contributed by atoms with Gasteiger partial charge in [0.05, 0.1) is 10.6 Å². The van der Waals surface area contributed by atoms with Crippen LogP contribution >= 0.6 is 23.4 Å². The Morgan fingerprint density at radius 3 is 2.22 bits per heavy atom. The van der Waals surface area contributed by atoms with Crippen LogP contribution in [0.4, 0.5) is 11.4 Å². The number of carbonyl (C=O) groups excluding carboxylic acids is 1. The first-order chi connectivity index (χ1) is 17.7. The van der Waals surface area contributed by atoms with E-state index in [4.69, 9.17) is 11.6 Å². The first-order valence-corrected chi connectivity index (χ1v) is 14.5. The Bertz CT molecular complexity index is 1490. The molecule has 0 saturated carbocycles. The van der Waals surface area contributed by atoms with Gasteiger partial charge in [0.15, 0.2) is 0 Å². The van der Waals surface area contributed by atoms with Crippen molar-refractivity contribution in [3.63, 3.8) is 0 Å². The van der Waals surface area contributed by atoms with E-state index in [0.29, 0.717) is 16.4 Å². The Morgan fingerprint density at radius 1 is 0.865 bits per heavy atom. The Morgan fingerprint density at radius 2 is 1.54 bits per heavy atom. The van der Waals surface area contributed by atoms with Crippen LogP contribution in [0.1, 0.15) is 16.7 Å². The van der Waals surface area contributed by atoms with Gasteiger partial charge >= 0.3 is 0 Å². The molecule has 0 unspecified atom stereocenters. The molecule has 4 aromatic rings. The highest BCUT2D eigenvalue weighted by Crippen LogP contribution is 2.28. The van der Waals surface area contributed by atoms with E-state index >= 15 is 0 Å². The summed E-state index contributed by atoms with van der Waals surface area (Å²) < 4.78 is 28.3. The van der Waals surface area contributed by atoms with Crippen LogP contribution < -0.4 is 9.62 Å². The fourth-order valence-electron chi connectivity index (χ4n) is 3.84. The highest BCUT2D eigenvalue weighted by molar-refractivity contribution is 7.98. The highest BCUT2D eigenvalue weighted by atomic mass is 35.5. The fraction of sp³-hybridized carbons (Fsp3) is 0.138. The highest BCUT2D eigenvalue weighted by Gasteiger charge is 2.28. The predicted octanol–water partition coefficient (Wildman–Crippen LogP) is 7.08. The monoisotopic (exact) mass is 550 g/mol. The van der Waals surface area contributed by atoms with E-state index in [1.54, 1.807) is 23.9 Å². The second kappa shape index (κ2) is 11.9. The predicted molar refractivity (Wildman–Crippen MR) is 153 cm³/mol. The molecule has 5 nitrogen and oxygen atoms in total. The second-order valence-electron chi connectivity index (χ2n) is 8.55. The summed E-state index contributed by atoms with van der Waals surface area (Å²) in [6, 6.07) is 29.0. The molecule has 0 aliphatic heterocycles. The zero-order chi connectivity index (χ0) is 26.4. The van der Waals surface area contributed by atoms with Crippen molar-refractivity contribution in [1.29, 1.82) is 0 Å². The zero-order valence-corrected chi connectivity index (χ0v) is 22.9. The van der Waals surface area contributed by atoms with Gasteiger partial charge in [-0.1, -0.05) is 60.1 Å². The molecule has 37 heavy (non-hydrogen) atoms. The number of nitrogens with one attached hydrogen (secondary N) is 1. The lowest BCUT2D eigenvalue weighted by Gasteiger charge is -2.25. The molecule has 190 valence electrons. The summed E-state index contributed by atoms with van der Waals surface area (Å²) in [5, 5.41) is 3.32. The first-order valence-electron chi connectivity index (χ1n) is 11.7. The summed E-state index contributed by atoms with van der Waals surface area (Å²) >= 11 is 7.70. The van der Waals surface area contributed by atoms with Gasteiger partial charge in [0, 0.05) is 21.4 Å². The zero-order valence-electron chi connectivity index (χ0n) is 20.5. The third-order valence-electron chi connectivity index (χ3n) is 5.79. The molecule has 0 spiro atoms. The van der Waals surface area contributed by atoms with Crippen molar-refractivity contribution in [2.45, 2.75) is 29.4 Å². The van der Waals surface area contributed by atoms with Crippen LogP contribution in [0, 0.1) is 13.8 Å². The van der Waals surface area contributed by atoms with Gasteiger partial charge in [-0.2, -0.15) is 0 Å². The van der Waals surface area contributed by atoms with Crippen molar-refractivity contribution < 1.29 is 13.2 Å². The molecule has 0 fully saturated rings. The maximum absolute atomic E-state index is 13.6. The summed E-state index contributed by atoms with van der Waals surface area (Å²) in [6.07, 6.45) is 0. The molecule has 0 bridgehead atoms. The number of thioether (sulfide) groups is 1. The maximum atomic E-state index is 13.6. The number of rotatable bonds is 9. The quantitative estimate of drug-likeness (QED) is 0.226. The van der Waals surface area contributed by atoms with Crippen molar-refractivity contribution in [1.82, 2.24) is 0 Å². The summed E-state index contributed by atoms with van der Waals surface area (Å²) in [4.78, 5) is 14.4. The van der Waals surface area contributed by atoms with E-state index in [-0.39, 0.29) is 11.4 Å². The molecule has 0 aromatic heterocycles. The molecule has 8 heteroatoms. The third-order valence-corrected chi connectivity index (χ3v) is 8.90. The van der Waals surface area contributed by atoms with E-state index in [1.807, 2.05) is 62.4 Å². The molecule has 0 heterocycles. The number of benzene rings is 4. The van der Waals surface area contributed by atoms with E-state index in [9.17, 15) is 13.2 Å². The lowest BCUT2D eigenvalue weighted by Crippen LogP contribution is -2.38. The standard InChI is InChI=1S/C29H27ClN2O3S2/c1-21-8-6-7-11-28(21)32(37(34,35)26-15-13-24(30)14-16-26)19-29(33)31-27-17-12-23(18-22(27)2)20-36-25-9-4-3-5-10-25/h3-18H,19-20H2,1-2H3,(H,31,33). The number of amides is 1. The van der Waals surface area contributed by atoms with Crippen LogP contribution in [-0.4, -0.2) is 20.9 Å². The summed E-state index contributed by atoms with van der Waals surface area (Å²) in [7, 11) is -4.02. The Balaban J connectivity index is 1.53. The first kappa shape index (κ1) is 26.8. The summed E-state index contributed by atoms with van der Waals surface area (Å²) in [5.74, 6) is 0.370. The summed E-state index contributed by atoms with van der Waals surface area (Å²) in [6.45, 7) is 3.37. The SMILES string of the molecule is Cc1cc(CSc2ccccc2)ccc1NC(=O)CN(c1ccccc1C)S(=O)(=O)c1ccc(Cl)cc1. The fourth-order valence-corrected chi connectivity index (χ4v) is 6.31. The summed E-state index contributed by atoms with van der Waals surface area (Å²) in [5.41, 5.74) is 3.87. The molecule has 1 amide bonds. The molecule has 4 aromatic carbocycles. The van der Waals surface area contributed by atoms with Crippen LogP contribution in [0.25, 0.3) is 0 Å². The average Bonchev–Trinajstić information content (AvgIpc) is 2.89. The molecule has 0 saturated heterocycles. The smallest absolute Gasteiger partial charge is 0.264 e. The van der Waals surface area contributed by atoms with Crippen molar-refractivity contribution in [3.05, 3.63) is 119 Å². The number of hydrogen-bond acceptors (Lipinski definition) is 4. The molecular formula is C29H27ClN2O3S2. The molecule has 4 rings (SSSR count). The number of anilines is 2. The number of nitrogens with zero attached hydrogens (tertiary/aromatic N) is 1. The van der Waals surface area contributed by atoms with Gasteiger partial charge in [-0.3, -0.25) is 9.10 Å². The van der Waals surface area contributed by atoms with E-state index in [2.05, 4.69) is 17.4 Å². The van der Waals surface area contributed by atoms with Gasteiger partial charge in [0.2, 0.25) is 5.91 Å². The van der Waals surface area contributed by atoms with Crippen molar-refractivity contribution in [2.24, 2.45) is 0 Å². The number of aryl methyl sites for hydroxylation is 2. The lowest BCUT2D eigenvalue weighted by molar-refractivity contribution is -0.114. The number of sulfonamides is 1. The average molecular weight is 551 g/mol. The Labute approximate surface area is 227 Å². The van der Waals surface area contributed by atoms with Gasteiger partial charge in [0.25, 0.3) is 10.0 Å². The number of carbonyl (C=O) groups is 1. The van der Waals surface area contributed by atoms with Crippen molar-refractivity contribution in [2.75, 3.05) is 16.2 Å². The Hall–Kier alpha value is -3.26. The van der Waals surface area contributed by atoms with Gasteiger partial charge < -0.3 is 5.32 Å². The second-order valence-corrected chi connectivity index (χ2v) is 11.9. The minimum atomic E-state index is -4.02. The molecule has 0 aliphatic rings. The van der Waals surface area contributed by atoms with Crippen molar-refractivity contribution >= 4 is 50.7 Å². The van der Waals surface area contributed by atoms with Crippen LogP contribution in [-0.2, 0) is 20.6 Å². The van der Waals surface area contributed by atoms with Gasteiger partial charge in [-0.05, 0) is 79.1 Å². The van der Waals surface area contributed by atoms with Crippen LogP contribution in [0.5, 0.6) is 0 Å². The van der Waals surface area contributed by atoms with Gasteiger partial charge in [-0.25, -0.2) is 8.42 Å².